The Morgan fingerprint density at radius 2 is 1.86 bits per heavy atom. The predicted molar refractivity (Wildman–Crippen MR) is 68.2 cm³/mol. The lowest BCUT2D eigenvalue weighted by Gasteiger charge is -2.32. The summed E-state index contributed by atoms with van der Waals surface area (Å²) in [6, 6.07) is 7.99. The van der Waals surface area contributed by atoms with Crippen molar-refractivity contribution in [3.8, 4) is 0 Å². The molecule has 1 aromatic rings. The molecule has 0 saturated heterocycles. The van der Waals surface area contributed by atoms with Crippen molar-refractivity contribution in [1.29, 1.82) is 0 Å². The molecule has 1 nitrogen and oxygen atoms in total. The van der Waals surface area contributed by atoms with E-state index in [1.807, 2.05) is 18.2 Å². The Morgan fingerprint density at radius 3 is 2.50 bits per heavy atom. The number of rotatable bonds is 0. The standard InChI is InChI=1S/C10H9Br3O/c11-10(12,13)9(14)6-5-7-3-1-2-4-8(7)9/h1-4,14H,5-6H2/t9-/m1/s1. The van der Waals surface area contributed by atoms with E-state index in [0.717, 1.165) is 12.0 Å². The molecule has 0 heterocycles. The van der Waals surface area contributed by atoms with Crippen molar-refractivity contribution >= 4 is 47.8 Å². The molecule has 1 aliphatic rings. The van der Waals surface area contributed by atoms with Crippen molar-refractivity contribution in [2.75, 3.05) is 0 Å². The van der Waals surface area contributed by atoms with E-state index < -0.39 is 7.74 Å². The second kappa shape index (κ2) is 3.58. The van der Waals surface area contributed by atoms with Gasteiger partial charge in [-0.3, -0.25) is 0 Å². The fourth-order valence-corrected chi connectivity index (χ4v) is 3.12. The molecule has 1 aromatic carbocycles. The summed E-state index contributed by atoms with van der Waals surface area (Å²) in [7, 11) is 0. The highest BCUT2D eigenvalue weighted by molar-refractivity contribution is 9.39. The van der Waals surface area contributed by atoms with Gasteiger partial charge in [-0.1, -0.05) is 72.1 Å². The van der Waals surface area contributed by atoms with E-state index in [-0.39, 0.29) is 0 Å². The van der Waals surface area contributed by atoms with Gasteiger partial charge >= 0.3 is 0 Å². The Bertz CT molecular complexity index is 359. The van der Waals surface area contributed by atoms with Crippen LogP contribution in [-0.4, -0.2) is 7.25 Å². The SMILES string of the molecule is O[C@]1(C(Br)(Br)Br)CCc2ccccc21. The van der Waals surface area contributed by atoms with Crippen molar-refractivity contribution in [3.63, 3.8) is 0 Å². The minimum absolute atomic E-state index is 0.646. The van der Waals surface area contributed by atoms with Gasteiger partial charge < -0.3 is 5.11 Å². The van der Waals surface area contributed by atoms with Crippen LogP contribution in [0.5, 0.6) is 0 Å². The number of benzene rings is 1. The number of hydrogen-bond donors (Lipinski definition) is 1. The van der Waals surface area contributed by atoms with Crippen molar-refractivity contribution < 1.29 is 5.11 Å². The molecule has 0 aliphatic heterocycles. The summed E-state index contributed by atoms with van der Waals surface area (Å²) in [5, 5.41) is 10.5. The highest BCUT2D eigenvalue weighted by Gasteiger charge is 2.50. The van der Waals surface area contributed by atoms with Crippen LogP contribution in [0.2, 0.25) is 0 Å². The second-order valence-corrected chi connectivity index (χ2v) is 10.3. The molecule has 76 valence electrons. The van der Waals surface area contributed by atoms with Crippen molar-refractivity contribution in [1.82, 2.24) is 0 Å². The first-order valence-electron chi connectivity index (χ1n) is 4.33. The molecule has 0 bridgehead atoms. The Kier molecular flexibility index (Phi) is 2.84. The summed E-state index contributed by atoms with van der Waals surface area (Å²) < 4.78 is -0.646. The third kappa shape index (κ3) is 1.60. The van der Waals surface area contributed by atoms with Crippen LogP contribution in [-0.2, 0) is 12.0 Å². The minimum Gasteiger partial charge on any atom is -0.382 e. The molecule has 1 aliphatic carbocycles. The zero-order chi connectivity index (χ0) is 10.4. The lowest BCUT2D eigenvalue weighted by Crippen LogP contribution is -2.36. The third-order valence-corrected chi connectivity index (χ3v) is 4.66. The van der Waals surface area contributed by atoms with Gasteiger partial charge in [-0.25, -0.2) is 0 Å². The maximum atomic E-state index is 10.5. The van der Waals surface area contributed by atoms with Crippen LogP contribution in [0.3, 0.4) is 0 Å². The first-order valence-corrected chi connectivity index (χ1v) is 6.70. The van der Waals surface area contributed by atoms with Gasteiger partial charge in [-0.05, 0) is 24.0 Å². The predicted octanol–water partition coefficient (Wildman–Crippen LogP) is 3.66. The van der Waals surface area contributed by atoms with Gasteiger partial charge in [0, 0.05) is 0 Å². The van der Waals surface area contributed by atoms with Gasteiger partial charge in [0.15, 0.2) is 2.14 Å². The lowest BCUT2D eigenvalue weighted by molar-refractivity contribution is 0.0535. The zero-order valence-corrected chi connectivity index (χ0v) is 12.1. The Labute approximate surface area is 108 Å². The van der Waals surface area contributed by atoms with Gasteiger partial charge in [0.2, 0.25) is 0 Å². The van der Waals surface area contributed by atoms with E-state index in [1.54, 1.807) is 0 Å². The number of alkyl halides is 3. The van der Waals surface area contributed by atoms with Gasteiger partial charge in [0.05, 0.1) is 0 Å². The number of aryl methyl sites for hydroxylation is 1. The molecule has 2 rings (SSSR count). The smallest absolute Gasteiger partial charge is 0.167 e. The highest BCUT2D eigenvalue weighted by Crippen LogP contribution is 2.55. The number of aliphatic hydroxyl groups is 1. The molecule has 0 saturated carbocycles. The van der Waals surface area contributed by atoms with E-state index in [2.05, 4.69) is 53.9 Å². The Hall–Kier alpha value is 0.620. The third-order valence-electron chi connectivity index (χ3n) is 2.69. The summed E-state index contributed by atoms with van der Waals surface area (Å²) in [6.07, 6.45) is 1.63. The molecule has 0 spiro atoms. The molecule has 1 atom stereocenters. The van der Waals surface area contributed by atoms with Crippen LogP contribution >= 0.6 is 47.8 Å². The first kappa shape index (κ1) is 11.1. The molecule has 0 aromatic heterocycles. The van der Waals surface area contributed by atoms with Crippen LogP contribution in [0.4, 0.5) is 0 Å². The fourth-order valence-electron chi connectivity index (χ4n) is 1.89. The number of hydrogen-bond acceptors (Lipinski definition) is 1. The summed E-state index contributed by atoms with van der Waals surface area (Å²) >= 11 is 10.2. The average molecular weight is 385 g/mol. The minimum atomic E-state index is -0.885. The summed E-state index contributed by atoms with van der Waals surface area (Å²) in [5.41, 5.74) is 1.33. The van der Waals surface area contributed by atoms with E-state index in [0.29, 0.717) is 6.42 Å². The Morgan fingerprint density at radius 1 is 1.21 bits per heavy atom. The maximum absolute atomic E-state index is 10.5. The number of fused-ring (bicyclic) bond motifs is 1. The summed E-state index contributed by atoms with van der Waals surface area (Å²) in [5.74, 6) is 0. The molecule has 4 heteroatoms. The monoisotopic (exact) mass is 382 g/mol. The summed E-state index contributed by atoms with van der Waals surface area (Å²) in [4.78, 5) is 0. The van der Waals surface area contributed by atoms with Crippen LogP contribution in [0, 0.1) is 0 Å². The maximum Gasteiger partial charge on any atom is 0.167 e. The summed E-state index contributed by atoms with van der Waals surface area (Å²) in [6.45, 7) is 0. The molecular weight excluding hydrogens is 376 g/mol. The molecular formula is C10H9Br3O. The van der Waals surface area contributed by atoms with Gasteiger partial charge in [0.1, 0.15) is 5.60 Å². The van der Waals surface area contributed by atoms with Crippen molar-refractivity contribution in [2.45, 2.75) is 20.6 Å². The van der Waals surface area contributed by atoms with E-state index in [9.17, 15) is 5.11 Å². The van der Waals surface area contributed by atoms with Crippen LogP contribution in [0.15, 0.2) is 24.3 Å². The van der Waals surface area contributed by atoms with Crippen LogP contribution in [0.1, 0.15) is 17.5 Å². The van der Waals surface area contributed by atoms with Crippen molar-refractivity contribution in [3.05, 3.63) is 35.4 Å². The van der Waals surface area contributed by atoms with Gasteiger partial charge in [-0.2, -0.15) is 0 Å². The quantitative estimate of drug-likeness (QED) is 0.677. The largest absolute Gasteiger partial charge is 0.382 e. The molecule has 14 heavy (non-hydrogen) atoms. The first-order chi connectivity index (χ1) is 6.45. The Balaban J connectivity index is 2.53. The molecule has 0 radical (unpaired) electrons. The average Bonchev–Trinajstić information content (AvgIpc) is 2.45. The normalized spacial score (nSPS) is 26.3. The van der Waals surface area contributed by atoms with E-state index >= 15 is 0 Å². The number of halogens is 3. The lowest BCUT2D eigenvalue weighted by atomic mass is 9.99. The molecule has 1 N–H and O–H groups in total. The molecule has 0 unspecified atom stereocenters. The van der Waals surface area contributed by atoms with E-state index in [4.69, 9.17) is 0 Å². The molecule has 0 fully saturated rings. The second-order valence-electron chi connectivity index (χ2n) is 3.52. The topological polar surface area (TPSA) is 20.2 Å². The fraction of sp³-hybridized carbons (Fsp3) is 0.400. The van der Waals surface area contributed by atoms with E-state index in [1.165, 1.54) is 5.56 Å². The zero-order valence-electron chi connectivity index (χ0n) is 7.30. The van der Waals surface area contributed by atoms with Gasteiger partial charge in [0.25, 0.3) is 0 Å². The van der Waals surface area contributed by atoms with Gasteiger partial charge in [-0.15, -0.1) is 0 Å². The molecule has 0 amide bonds. The highest BCUT2D eigenvalue weighted by atomic mass is 80.0. The van der Waals surface area contributed by atoms with Crippen LogP contribution in [0.25, 0.3) is 0 Å². The van der Waals surface area contributed by atoms with Crippen LogP contribution < -0.4 is 0 Å². The van der Waals surface area contributed by atoms with Crippen molar-refractivity contribution in [2.24, 2.45) is 0 Å².